The first-order valence-electron chi connectivity index (χ1n) is 5.96. The minimum absolute atomic E-state index is 0.0285. The molecule has 1 aliphatic rings. The van der Waals surface area contributed by atoms with Crippen LogP contribution in [-0.4, -0.2) is 31.7 Å². The van der Waals surface area contributed by atoms with Crippen LogP contribution in [0.15, 0.2) is 30.3 Å². The molecule has 0 radical (unpaired) electrons. The summed E-state index contributed by atoms with van der Waals surface area (Å²) >= 11 is 0. The van der Waals surface area contributed by atoms with Crippen molar-refractivity contribution in [3.05, 3.63) is 35.9 Å². The molecule has 0 aromatic heterocycles. The highest BCUT2D eigenvalue weighted by Gasteiger charge is 2.15. The van der Waals surface area contributed by atoms with Crippen LogP contribution in [0.1, 0.15) is 12.0 Å². The quantitative estimate of drug-likeness (QED) is 0.787. The summed E-state index contributed by atoms with van der Waals surface area (Å²) in [6, 6.07) is 10.2. The fourth-order valence-corrected chi connectivity index (χ4v) is 1.79. The maximum atomic E-state index is 11.6. The third-order valence-corrected chi connectivity index (χ3v) is 2.81. The van der Waals surface area contributed by atoms with Gasteiger partial charge in [-0.2, -0.15) is 0 Å². The van der Waals surface area contributed by atoms with Gasteiger partial charge in [-0.3, -0.25) is 4.79 Å². The Morgan fingerprint density at radius 1 is 1.35 bits per heavy atom. The van der Waals surface area contributed by atoms with Crippen LogP contribution in [0, 0.1) is 0 Å². The smallest absolute Gasteiger partial charge is 0.234 e. The maximum Gasteiger partial charge on any atom is 0.234 e. The Kier molecular flexibility index (Phi) is 4.53. The van der Waals surface area contributed by atoms with Crippen LogP contribution >= 0.6 is 0 Å². The van der Waals surface area contributed by atoms with Crippen LogP contribution in [0.2, 0.25) is 0 Å². The summed E-state index contributed by atoms with van der Waals surface area (Å²) in [6.45, 7) is 2.46. The highest BCUT2D eigenvalue weighted by molar-refractivity contribution is 5.78. The van der Waals surface area contributed by atoms with Crippen LogP contribution in [0.5, 0.6) is 0 Å². The molecule has 2 rings (SSSR count). The van der Waals surface area contributed by atoms with E-state index in [-0.39, 0.29) is 5.91 Å². The van der Waals surface area contributed by atoms with Gasteiger partial charge >= 0.3 is 0 Å². The third-order valence-electron chi connectivity index (χ3n) is 2.81. The Balaban J connectivity index is 1.64. The number of ether oxygens (including phenoxy) is 1. The van der Waals surface area contributed by atoms with Gasteiger partial charge in [-0.15, -0.1) is 0 Å². The van der Waals surface area contributed by atoms with E-state index in [0.717, 1.165) is 18.6 Å². The first-order valence-corrected chi connectivity index (χ1v) is 5.96. The van der Waals surface area contributed by atoms with Crippen molar-refractivity contribution in [2.75, 3.05) is 19.8 Å². The second-order valence-electron chi connectivity index (χ2n) is 4.20. The van der Waals surface area contributed by atoms with Crippen LogP contribution in [0.25, 0.3) is 0 Å². The van der Waals surface area contributed by atoms with Crippen molar-refractivity contribution >= 4 is 5.91 Å². The zero-order valence-electron chi connectivity index (χ0n) is 9.82. The van der Waals surface area contributed by atoms with Gasteiger partial charge in [0.15, 0.2) is 0 Å². The number of carbonyl (C=O) groups excluding carboxylic acids is 1. The number of amides is 1. The zero-order valence-corrected chi connectivity index (χ0v) is 9.82. The van der Waals surface area contributed by atoms with E-state index in [1.165, 1.54) is 0 Å². The van der Waals surface area contributed by atoms with Crippen LogP contribution in [-0.2, 0) is 16.1 Å². The molecule has 1 aromatic rings. The summed E-state index contributed by atoms with van der Waals surface area (Å²) in [7, 11) is 0. The molecule has 1 saturated heterocycles. The second kappa shape index (κ2) is 6.37. The largest absolute Gasteiger partial charge is 0.380 e. The summed E-state index contributed by atoms with van der Waals surface area (Å²) in [5.41, 5.74) is 1.12. The lowest BCUT2D eigenvalue weighted by atomic mass is 10.2. The Hall–Kier alpha value is -1.39. The summed E-state index contributed by atoms with van der Waals surface area (Å²) in [4.78, 5) is 11.6. The first-order chi connectivity index (χ1) is 8.34. The van der Waals surface area contributed by atoms with E-state index < -0.39 is 0 Å². The Morgan fingerprint density at radius 3 is 2.88 bits per heavy atom. The molecule has 1 atom stereocenters. The SMILES string of the molecule is O=C(CNC1CCOC1)NCc1ccccc1. The number of hydrogen-bond donors (Lipinski definition) is 2. The van der Waals surface area contributed by atoms with E-state index in [2.05, 4.69) is 10.6 Å². The van der Waals surface area contributed by atoms with Gasteiger partial charge in [0.2, 0.25) is 5.91 Å². The second-order valence-corrected chi connectivity index (χ2v) is 4.20. The molecule has 1 amide bonds. The number of carbonyl (C=O) groups is 1. The maximum absolute atomic E-state index is 11.6. The molecule has 1 fully saturated rings. The minimum atomic E-state index is 0.0285. The number of nitrogens with one attached hydrogen (secondary N) is 2. The molecule has 1 aromatic carbocycles. The fraction of sp³-hybridized carbons (Fsp3) is 0.462. The normalized spacial score (nSPS) is 19.2. The van der Waals surface area contributed by atoms with Crippen molar-refractivity contribution in [2.24, 2.45) is 0 Å². The van der Waals surface area contributed by atoms with Crippen molar-refractivity contribution in [2.45, 2.75) is 19.0 Å². The Labute approximate surface area is 101 Å². The molecule has 92 valence electrons. The van der Waals surface area contributed by atoms with Crippen molar-refractivity contribution < 1.29 is 9.53 Å². The third kappa shape index (κ3) is 4.17. The number of rotatable bonds is 5. The zero-order chi connectivity index (χ0) is 11.9. The topological polar surface area (TPSA) is 50.4 Å². The molecule has 2 N–H and O–H groups in total. The predicted molar refractivity (Wildman–Crippen MR) is 65.5 cm³/mol. The van der Waals surface area contributed by atoms with E-state index in [1.54, 1.807) is 0 Å². The van der Waals surface area contributed by atoms with Crippen molar-refractivity contribution in [1.29, 1.82) is 0 Å². The van der Waals surface area contributed by atoms with Crippen LogP contribution in [0.4, 0.5) is 0 Å². The molecule has 17 heavy (non-hydrogen) atoms. The van der Waals surface area contributed by atoms with E-state index in [0.29, 0.717) is 25.7 Å². The number of benzene rings is 1. The first kappa shape index (κ1) is 12.1. The van der Waals surface area contributed by atoms with Gasteiger partial charge in [-0.05, 0) is 12.0 Å². The highest BCUT2D eigenvalue weighted by Crippen LogP contribution is 2.02. The van der Waals surface area contributed by atoms with E-state index >= 15 is 0 Å². The van der Waals surface area contributed by atoms with Crippen molar-refractivity contribution in [3.63, 3.8) is 0 Å². The summed E-state index contributed by atoms with van der Waals surface area (Å²) < 4.78 is 5.22. The Bertz CT molecular complexity index is 348. The molecule has 0 bridgehead atoms. The fourth-order valence-electron chi connectivity index (χ4n) is 1.79. The average molecular weight is 234 g/mol. The van der Waals surface area contributed by atoms with E-state index in [4.69, 9.17) is 4.74 Å². The lowest BCUT2D eigenvalue weighted by molar-refractivity contribution is -0.120. The molecule has 0 saturated carbocycles. The molecule has 0 spiro atoms. The van der Waals surface area contributed by atoms with Crippen LogP contribution < -0.4 is 10.6 Å². The number of hydrogen-bond acceptors (Lipinski definition) is 3. The van der Waals surface area contributed by atoms with Gasteiger partial charge in [-0.1, -0.05) is 30.3 Å². The monoisotopic (exact) mass is 234 g/mol. The van der Waals surface area contributed by atoms with Crippen molar-refractivity contribution in [1.82, 2.24) is 10.6 Å². The summed E-state index contributed by atoms with van der Waals surface area (Å²) in [5.74, 6) is 0.0285. The predicted octanol–water partition coefficient (Wildman–Crippen LogP) is 0.681. The van der Waals surface area contributed by atoms with E-state index in [1.807, 2.05) is 30.3 Å². The lowest BCUT2D eigenvalue weighted by Crippen LogP contribution is -2.39. The molecular weight excluding hydrogens is 216 g/mol. The average Bonchev–Trinajstić information content (AvgIpc) is 2.88. The molecular formula is C13H18N2O2. The van der Waals surface area contributed by atoms with Gasteiger partial charge in [0.05, 0.1) is 13.2 Å². The van der Waals surface area contributed by atoms with Crippen molar-refractivity contribution in [3.8, 4) is 0 Å². The molecule has 1 unspecified atom stereocenters. The molecule has 1 aliphatic heterocycles. The van der Waals surface area contributed by atoms with Crippen LogP contribution in [0.3, 0.4) is 0 Å². The highest BCUT2D eigenvalue weighted by atomic mass is 16.5. The van der Waals surface area contributed by atoms with E-state index in [9.17, 15) is 4.79 Å². The summed E-state index contributed by atoms with van der Waals surface area (Å²) in [5, 5.41) is 6.06. The molecule has 4 heteroatoms. The molecule has 4 nitrogen and oxygen atoms in total. The molecule has 1 heterocycles. The lowest BCUT2D eigenvalue weighted by Gasteiger charge is -2.10. The standard InChI is InChI=1S/C13H18N2O2/c16-13(9-14-12-6-7-17-10-12)15-8-11-4-2-1-3-5-11/h1-5,12,14H,6-10H2,(H,15,16). The summed E-state index contributed by atoms with van der Waals surface area (Å²) in [6.07, 6.45) is 0.992. The Morgan fingerprint density at radius 2 is 2.18 bits per heavy atom. The van der Waals surface area contributed by atoms with Gasteiger partial charge in [0.1, 0.15) is 0 Å². The van der Waals surface area contributed by atoms with Gasteiger partial charge in [-0.25, -0.2) is 0 Å². The van der Waals surface area contributed by atoms with Gasteiger partial charge in [0, 0.05) is 19.2 Å². The minimum Gasteiger partial charge on any atom is -0.380 e. The van der Waals surface area contributed by atoms with Gasteiger partial charge < -0.3 is 15.4 Å². The molecule has 0 aliphatic carbocycles. The van der Waals surface area contributed by atoms with Gasteiger partial charge in [0.25, 0.3) is 0 Å².